The van der Waals surface area contributed by atoms with Crippen LogP contribution in [0, 0.1) is 13.8 Å². The fourth-order valence-corrected chi connectivity index (χ4v) is 1.45. The molecule has 0 fully saturated rings. The fraction of sp³-hybridized carbons (Fsp3) is 0.300. The van der Waals surface area contributed by atoms with Gasteiger partial charge in [0.05, 0.1) is 5.69 Å². The van der Waals surface area contributed by atoms with E-state index < -0.39 is 17.8 Å². The number of hydrogen-bond acceptors (Lipinski definition) is 4. The van der Waals surface area contributed by atoms with Crippen molar-refractivity contribution in [2.45, 2.75) is 20.0 Å². The maximum absolute atomic E-state index is 12.6. The quantitative estimate of drug-likeness (QED) is 0.846. The Labute approximate surface area is 100 Å². The molecular weight excluding hydrogens is 247 g/mol. The number of rotatable bonds is 1. The van der Waals surface area contributed by atoms with Crippen LogP contribution in [0.5, 0.6) is 0 Å². The molecule has 2 aromatic heterocycles. The topological polar surface area (TPSA) is 69.6 Å². The maximum atomic E-state index is 12.6. The molecule has 0 aromatic carbocycles. The number of nitrogens with two attached hydrogens (primary N) is 1. The minimum absolute atomic E-state index is 0.0490. The molecule has 0 amide bonds. The van der Waals surface area contributed by atoms with E-state index in [0.29, 0.717) is 11.4 Å². The van der Waals surface area contributed by atoms with Gasteiger partial charge in [0.15, 0.2) is 5.69 Å². The van der Waals surface area contributed by atoms with Crippen molar-refractivity contribution in [2.75, 3.05) is 5.73 Å². The first-order valence-corrected chi connectivity index (χ1v) is 5.01. The van der Waals surface area contributed by atoms with Crippen molar-refractivity contribution in [2.24, 2.45) is 0 Å². The largest absolute Gasteiger partial charge is 0.433 e. The summed E-state index contributed by atoms with van der Waals surface area (Å²) in [4.78, 5) is 11.0. The molecular formula is C10H10F3N5. The van der Waals surface area contributed by atoms with Crippen LogP contribution in [-0.2, 0) is 6.18 Å². The molecule has 0 unspecified atom stereocenters. The molecule has 2 N–H and O–H groups in total. The molecule has 0 bridgehead atoms. The van der Waals surface area contributed by atoms with Crippen molar-refractivity contribution in [3.63, 3.8) is 0 Å². The Morgan fingerprint density at radius 1 is 1.22 bits per heavy atom. The Balaban J connectivity index is 2.59. The second-order valence-electron chi connectivity index (χ2n) is 3.75. The normalized spacial score (nSPS) is 11.8. The van der Waals surface area contributed by atoms with Gasteiger partial charge in [-0.2, -0.15) is 18.2 Å². The zero-order chi connectivity index (χ0) is 13.5. The van der Waals surface area contributed by atoms with Gasteiger partial charge < -0.3 is 5.73 Å². The van der Waals surface area contributed by atoms with Crippen molar-refractivity contribution in [1.29, 1.82) is 0 Å². The highest BCUT2D eigenvalue weighted by molar-refractivity contribution is 5.35. The lowest BCUT2D eigenvalue weighted by atomic mass is 10.3. The molecule has 0 atom stereocenters. The van der Waals surface area contributed by atoms with E-state index in [9.17, 15) is 13.2 Å². The minimum atomic E-state index is -4.56. The first-order valence-electron chi connectivity index (χ1n) is 5.01. The lowest BCUT2D eigenvalue weighted by molar-refractivity contribution is -0.141. The van der Waals surface area contributed by atoms with Gasteiger partial charge in [-0.25, -0.2) is 9.97 Å². The molecule has 2 aromatic rings. The lowest BCUT2D eigenvalue weighted by Crippen LogP contribution is -2.13. The first-order chi connectivity index (χ1) is 8.29. The highest BCUT2D eigenvalue weighted by atomic mass is 19.4. The average Bonchev–Trinajstić information content (AvgIpc) is 2.58. The first kappa shape index (κ1) is 12.3. The van der Waals surface area contributed by atoms with Crippen LogP contribution >= 0.6 is 0 Å². The number of alkyl halides is 3. The van der Waals surface area contributed by atoms with Crippen LogP contribution in [0.15, 0.2) is 12.4 Å². The summed E-state index contributed by atoms with van der Waals surface area (Å²) in [5, 5.41) is 0. The summed E-state index contributed by atoms with van der Waals surface area (Å²) in [5.74, 6) is -0.376. The van der Waals surface area contributed by atoms with Gasteiger partial charge in [-0.15, -0.1) is 0 Å². The molecule has 2 heterocycles. The minimum Gasteiger partial charge on any atom is -0.368 e. The van der Waals surface area contributed by atoms with Crippen LogP contribution < -0.4 is 5.73 Å². The Morgan fingerprint density at radius 2 is 1.89 bits per heavy atom. The second-order valence-corrected chi connectivity index (χ2v) is 3.75. The maximum Gasteiger partial charge on any atom is 0.433 e. The van der Waals surface area contributed by atoms with Gasteiger partial charge in [0, 0.05) is 11.8 Å². The molecule has 2 rings (SSSR count). The highest BCUT2D eigenvalue weighted by Gasteiger charge is 2.33. The van der Waals surface area contributed by atoms with Crippen molar-refractivity contribution in [1.82, 2.24) is 19.5 Å². The number of nitrogens with zero attached hydrogens (tertiary/aromatic N) is 4. The number of halogens is 3. The fourth-order valence-electron chi connectivity index (χ4n) is 1.45. The summed E-state index contributed by atoms with van der Waals surface area (Å²) in [7, 11) is 0. The number of nitrogen functional groups attached to an aromatic ring is 1. The summed E-state index contributed by atoms with van der Waals surface area (Å²) in [6, 6.07) is 0.838. The zero-order valence-electron chi connectivity index (χ0n) is 9.65. The zero-order valence-corrected chi connectivity index (χ0v) is 9.65. The van der Waals surface area contributed by atoms with Crippen LogP contribution in [0.4, 0.5) is 19.1 Å². The van der Waals surface area contributed by atoms with Crippen LogP contribution in [0.2, 0.25) is 0 Å². The summed E-state index contributed by atoms with van der Waals surface area (Å²) in [6.45, 7) is 3.48. The lowest BCUT2D eigenvalue weighted by Gasteiger charge is -2.10. The molecule has 0 aliphatic heterocycles. The summed E-state index contributed by atoms with van der Waals surface area (Å²) < 4.78 is 39.2. The Hall–Kier alpha value is -2.12. The molecule has 0 aliphatic carbocycles. The van der Waals surface area contributed by atoms with Crippen molar-refractivity contribution in [3.8, 4) is 5.82 Å². The van der Waals surface area contributed by atoms with Gasteiger partial charge in [-0.05, 0) is 13.8 Å². The van der Waals surface area contributed by atoms with Crippen LogP contribution in [-0.4, -0.2) is 19.5 Å². The number of aryl methyl sites for hydroxylation is 1. The molecule has 8 heteroatoms. The average molecular weight is 257 g/mol. The SMILES string of the molecule is Cc1ncn(-c2cc(C(F)(F)F)nc(N)n2)c1C. The highest BCUT2D eigenvalue weighted by Crippen LogP contribution is 2.29. The van der Waals surface area contributed by atoms with Gasteiger partial charge in [0.25, 0.3) is 0 Å². The summed E-state index contributed by atoms with van der Waals surface area (Å²) >= 11 is 0. The Bertz CT molecular complexity index is 588. The van der Waals surface area contributed by atoms with E-state index in [1.54, 1.807) is 13.8 Å². The molecule has 5 nitrogen and oxygen atoms in total. The van der Waals surface area contributed by atoms with E-state index in [4.69, 9.17) is 5.73 Å². The van der Waals surface area contributed by atoms with Crippen LogP contribution in [0.1, 0.15) is 17.1 Å². The van der Waals surface area contributed by atoms with Crippen molar-refractivity contribution in [3.05, 3.63) is 29.5 Å². The molecule has 0 aliphatic rings. The van der Waals surface area contributed by atoms with Gasteiger partial charge in [-0.1, -0.05) is 0 Å². The van der Waals surface area contributed by atoms with E-state index >= 15 is 0 Å². The Kier molecular flexibility index (Phi) is 2.72. The predicted molar refractivity (Wildman–Crippen MR) is 58.0 cm³/mol. The van der Waals surface area contributed by atoms with Gasteiger partial charge in [-0.3, -0.25) is 4.57 Å². The second kappa shape index (κ2) is 3.97. The van der Waals surface area contributed by atoms with Crippen LogP contribution in [0.25, 0.3) is 5.82 Å². The number of imidazole rings is 1. The molecule has 96 valence electrons. The number of anilines is 1. The van der Waals surface area contributed by atoms with E-state index in [2.05, 4.69) is 15.0 Å². The Morgan fingerprint density at radius 3 is 2.39 bits per heavy atom. The molecule has 0 saturated heterocycles. The summed E-state index contributed by atoms with van der Waals surface area (Å²) in [6.07, 6.45) is -3.16. The third-order valence-electron chi connectivity index (χ3n) is 2.52. The standard InChI is InChI=1S/C10H10F3N5/c1-5-6(2)18(4-15-5)8-3-7(10(11,12)13)16-9(14)17-8/h3-4H,1-2H3,(H2,14,16,17). The third kappa shape index (κ3) is 2.13. The van der Waals surface area contributed by atoms with E-state index in [0.717, 1.165) is 6.07 Å². The van der Waals surface area contributed by atoms with E-state index in [-0.39, 0.29) is 5.82 Å². The van der Waals surface area contributed by atoms with Crippen molar-refractivity contribution < 1.29 is 13.2 Å². The van der Waals surface area contributed by atoms with Crippen LogP contribution in [0.3, 0.4) is 0 Å². The molecule has 0 saturated carbocycles. The molecule has 0 spiro atoms. The van der Waals surface area contributed by atoms with Gasteiger partial charge in [0.2, 0.25) is 5.95 Å². The third-order valence-corrected chi connectivity index (χ3v) is 2.52. The molecule has 18 heavy (non-hydrogen) atoms. The number of hydrogen-bond donors (Lipinski definition) is 1. The van der Waals surface area contributed by atoms with Crippen molar-refractivity contribution >= 4 is 5.95 Å². The molecule has 0 radical (unpaired) electrons. The van der Waals surface area contributed by atoms with Gasteiger partial charge in [0.1, 0.15) is 12.1 Å². The summed E-state index contributed by atoms with van der Waals surface area (Å²) in [5.41, 5.74) is 5.63. The van der Waals surface area contributed by atoms with E-state index in [1.165, 1.54) is 10.9 Å². The monoisotopic (exact) mass is 257 g/mol. The smallest absolute Gasteiger partial charge is 0.368 e. The predicted octanol–water partition coefficient (Wildman–Crippen LogP) is 1.88. The van der Waals surface area contributed by atoms with Gasteiger partial charge >= 0.3 is 6.18 Å². The number of aromatic nitrogens is 4. The van der Waals surface area contributed by atoms with E-state index in [1.807, 2.05) is 0 Å².